The van der Waals surface area contributed by atoms with Gasteiger partial charge in [0.05, 0.1) is 5.92 Å². The second kappa shape index (κ2) is 8.67. The highest BCUT2D eigenvalue weighted by Gasteiger charge is 2.30. The van der Waals surface area contributed by atoms with Gasteiger partial charge in [-0.1, -0.05) is 24.3 Å². The Balaban J connectivity index is 0.00000192. The van der Waals surface area contributed by atoms with Gasteiger partial charge in [-0.25, -0.2) is 0 Å². The summed E-state index contributed by atoms with van der Waals surface area (Å²) >= 11 is 0. The molecule has 2 aliphatic heterocycles. The first-order chi connectivity index (χ1) is 10.7. The number of benzene rings is 1. The molecule has 2 fully saturated rings. The Hall–Kier alpha value is -1.10. The fourth-order valence-corrected chi connectivity index (χ4v) is 3.73. The summed E-state index contributed by atoms with van der Waals surface area (Å²) in [6, 6.07) is 8.54. The van der Waals surface area contributed by atoms with Gasteiger partial charge in [0.1, 0.15) is 0 Å². The summed E-state index contributed by atoms with van der Waals surface area (Å²) in [5.41, 5.74) is 2.50. The molecule has 4 nitrogen and oxygen atoms in total. The first kappa shape index (κ1) is 18.2. The molecule has 0 unspecified atom stereocenters. The van der Waals surface area contributed by atoms with Crippen molar-refractivity contribution in [2.45, 2.75) is 31.6 Å². The molecule has 2 N–H and O–H groups in total. The molecule has 2 heterocycles. The van der Waals surface area contributed by atoms with Gasteiger partial charge in [0, 0.05) is 13.2 Å². The van der Waals surface area contributed by atoms with Gasteiger partial charge in [-0.2, -0.15) is 0 Å². The van der Waals surface area contributed by atoms with Gasteiger partial charge < -0.3 is 15.2 Å². The number of hydrogen-bond acceptors (Lipinski definition) is 3. The van der Waals surface area contributed by atoms with Crippen molar-refractivity contribution >= 4 is 18.4 Å². The van der Waals surface area contributed by atoms with Gasteiger partial charge in [0.2, 0.25) is 0 Å². The second-order valence-corrected chi connectivity index (χ2v) is 6.53. The standard InChI is InChI=1S/C18H25NO3.ClH/c20-18(21)17(16-4-7-19-12-16)11-13-2-1-3-15(10-13)14-5-8-22-9-6-14;/h1-3,10,14,16-17,19H,4-9,11-12H2,(H,20,21);1H/t16-,17-;/m0./s1. The zero-order valence-electron chi connectivity index (χ0n) is 13.4. The lowest BCUT2D eigenvalue weighted by atomic mass is 9.84. The molecule has 0 bridgehead atoms. The van der Waals surface area contributed by atoms with Crippen LogP contribution in [0.5, 0.6) is 0 Å². The predicted octanol–water partition coefficient (Wildman–Crippen LogP) is 2.86. The molecule has 0 saturated carbocycles. The molecule has 0 aliphatic carbocycles. The van der Waals surface area contributed by atoms with Crippen LogP contribution in [0.2, 0.25) is 0 Å². The number of carboxylic acids is 1. The molecular weight excluding hydrogens is 314 g/mol. The van der Waals surface area contributed by atoms with Crippen LogP contribution in [0.4, 0.5) is 0 Å². The largest absolute Gasteiger partial charge is 0.481 e. The van der Waals surface area contributed by atoms with E-state index in [9.17, 15) is 9.90 Å². The van der Waals surface area contributed by atoms with Gasteiger partial charge in [-0.05, 0) is 61.7 Å². The molecule has 0 spiro atoms. The maximum Gasteiger partial charge on any atom is 0.307 e. The van der Waals surface area contributed by atoms with Crippen molar-refractivity contribution in [1.82, 2.24) is 5.32 Å². The zero-order valence-corrected chi connectivity index (χ0v) is 14.2. The van der Waals surface area contributed by atoms with Crippen LogP contribution in [-0.4, -0.2) is 37.4 Å². The number of rotatable bonds is 5. The van der Waals surface area contributed by atoms with Gasteiger partial charge in [-0.15, -0.1) is 12.4 Å². The number of aliphatic carboxylic acids is 1. The first-order valence-electron chi connectivity index (χ1n) is 8.34. The first-order valence-corrected chi connectivity index (χ1v) is 8.34. The SMILES string of the molecule is Cl.O=C(O)[C@@H](Cc1cccc(C2CCOCC2)c1)[C@H]1CCNC1. The minimum absolute atomic E-state index is 0. The average molecular weight is 340 g/mol. The summed E-state index contributed by atoms with van der Waals surface area (Å²) in [5.74, 6) is -0.125. The topological polar surface area (TPSA) is 58.6 Å². The van der Waals surface area contributed by atoms with E-state index in [-0.39, 0.29) is 24.2 Å². The van der Waals surface area contributed by atoms with E-state index in [0.29, 0.717) is 12.3 Å². The third-order valence-electron chi connectivity index (χ3n) is 5.08. The van der Waals surface area contributed by atoms with E-state index >= 15 is 0 Å². The Morgan fingerprint density at radius 1 is 1.30 bits per heavy atom. The van der Waals surface area contributed by atoms with Crippen LogP contribution in [0.15, 0.2) is 24.3 Å². The number of carbonyl (C=O) groups is 1. The number of nitrogens with one attached hydrogen (secondary N) is 1. The van der Waals surface area contributed by atoms with Crippen molar-refractivity contribution in [3.05, 3.63) is 35.4 Å². The minimum Gasteiger partial charge on any atom is -0.481 e. The fraction of sp³-hybridized carbons (Fsp3) is 0.611. The molecular formula is C18H26ClNO3. The second-order valence-electron chi connectivity index (χ2n) is 6.53. The smallest absolute Gasteiger partial charge is 0.307 e. The maximum absolute atomic E-state index is 11.6. The lowest BCUT2D eigenvalue weighted by Gasteiger charge is -2.23. The van der Waals surface area contributed by atoms with Crippen LogP contribution in [0.25, 0.3) is 0 Å². The Morgan fingerprint density at radius 2 is 2.09 bits per heavy atom. The molecule has 0 amide bonds. The highest BCUT2D eigenvalue weighted by Crippen LogP contribution is 2.29. The van der Waals surface area contributed by atoms with E-state index in [0.717, 1.165) is 51.1 Å². The zero-order chi connectivity index (χ0) is 15.4. The monoisotopic (exact) mass is 339 g/mol. The summed E-state index contributed by atoms with van der Waals surface area (Å²) < 4.78 is 5.43. The van der Waals surface area contributed by atoms with Crippen molar-refractivity contribution in [3.63, 3.8) is 0 Å². The molecule has 2 saturated heterocycles. The van der Waals surface area contributed by atoms with E-state index in [1.807, 2.05) is 0 Å². The van der Waals surface area contributed by atoms with Crippen LogP contribution in [-0.2, 0) is 16.0 Å². The summed E-state index contributed by atoms with van der Waals surface area (Å²) in [7, 11) is 0. The van der Waals surface area contributed by atoms with E-state index in [1.54, 1.807) is 0 Å². The lowest BCUT2D eigenvalue weighted by molar-refractivity contribution is -0.143. The van der Waals surface area contributed by atoms with Crippen LogP contribution in [0.1, 0.15) is 36.3 Å². The average Bonchev–Trinajstić information content (AvgIpc) is 3.07. The maximum atomic E-state index is 11.6. The quantitative estimate of drug-likeness (QED) is 0.866. The molecule has 0 aromatic heterocycles. The summed E-state index contributed by atoms with van der Waals surface area (Å²) in [6.45, 7) is 3.44. The van der Waals surface area contributed by atoms with Crippen LogP contribution in [0.3, 0.4) is 0 Å². The minimum atomic E-state index is -0.662. The summed E-state index contributed by atoms with van der Waals surface area (Å²) in [4.78, 5) is 11.6. The van der Waals surface area contributed by atoms with Crippen molar-refractivity contribution in [2.75, 3.05) is 26.3 Å². The molecule has 2 atom stereocenters. The van der Waals surface area contributed by atoms with E-state index in [1.165, 1.54) is 5.56 Å². The molecule has 3 rings (SSSR count). The van der Waals surface area contributed by atoms with E-state index in [4.69, 9.17) is 4.74 Å². The molecule has 5 heteroatoms. The number of carboxylic acid groups (broad SMARTS) is 1. The van der Waals surface area contributed by atoms with Crippen molar-refractivity contribution in [3.8, 4) is 0 Å². The number of halogens is 1. The van der Waals surface area contributed by atoms with Crippen molar-refractivity contribution in [2.24, 2.45) is 11.8 Å². The normalized spacial score (nSPS) is 23.2. The third kappa shape index (κ3) is 4.69. The molecule has 2 aliphatic rings. The Morgan fingerprint density at radius 3 is 2.74 bits per heavy atom. The van der Waals surface area contributed by atoms with Crippen LogP contribution >= 0.6 is 12.4 Å². The van der Waals surface area contributed by atoms with Gasteiger partial charge in [0.15, 0.2) is 0 Å². The van der Waals surface area contributed by atoms with Gasteiger partial charge in [-0.3, -0.25) is 4.79 Å². The van der Waals surface area contributed by atoms with Gasteiger partial charge >= 0.3 is 5.97 Å². The Bertz CT molecular complexity index is 511. The highest BCUT2D eigenvalue weighted by molar-refractivity contribution is 5.85. The third-order valence-corrected chi connectivity index (χ3v) is 5.08. The highest BCUT2D eigenvalue weighted by atomic mass is 35.5. The fourth-order valence-electron chi connectivity index (χ4n) is 3.73. The van der Waals surface area contributed by atoms with Crippen molar-refractivity contribution in [1.29, 1.82) is 0 Å². The van der Waals surface area contributed by atoms with E-state index < -0.39 is 5.97 Å². The van der Waals surface area contributed by atoms with E-state index in [2.05, 4.69) is 29.6 Å². The number of ether oxygens (including phenoxy) is 1. The molecule has 0 radical (unpaired) electrons. The van der Waals surface area contributed by atoms with Crippen LogP contribution < -0.4 is 5.32 Å². The molecule has 1 aromatic rings. The molecule has 23 heavy (non-hydrogen) atoms. The molecule has 128 valence electrons. The molecule has 1 aromatic carbocycles. The van der Waals surface area contributed by atoms with Crippen LogP contribution in [0, 0.1) is 11.8 Å². The lowest BCUT2D eigenvalue weighted by Crippen LogP contribution is -2.27. The summed E-state index contributed by atoms with van der Waals surface area (Å²) in [5, 5.41) is 12.8. The predicted molar refractivity (Wildman–Crippen MR) is 92.3 cm³/mol. The summed E-state index contributed by atoms with van der Waals surface area (Å²) in [6.07, 6.45) is 3.74. The Kier molecular flexibility index (Phi) is 6.88. The van der Waals surface area contributed by atoms with Gasteiger partial charge in [0.25, 0.3) is 0 Å². The Labute approximate surface area is 144 Å². The van der Waals surface area contributed by atoms with Crippen molar-refractivity contribution < 1.29 is 14.6 Å². The number of hydrogen-bond donors (Lipinski definition) is 2.